The zero-order chi connectivity index (χ0) is 21.2. The number of carbonyl (C=O) groups is 1. The number of nitrogens with zero attached hydrogens (tertiary/aromatic N) is 3. The van der Waals surface area contributed by atoms with Crippen LogP contribution in [0.5, 0.6) is 0 Å². The molecule has 0 bridgehead atoms. The van der Waals surface area contributed by atoms with Gasteiger partial charge in [-0.2, -0.15) is 13.2 Å². The molecule has 2 heterocycles. The monoisotopic (exact) mass is 446 g/mol. The van der Waals surface area contributed by atoms with Gasteiger partial charge in [0.1, 0.15) is 5.82 Å². The van der Waals surface area contributed by atoms with Gasteiger partial charge in [0, 0.05) is 32.4 Å². The number of alkyl halides is 3. The molecule has 0 saturated carbocycles. The van der Waals surface area contributed by atoms with Gasteiger partial charge in [-0.25, -0.2) is 4.98 Å². The molecule has 0 radical (unpaired) electrons. The third-order valence-corrected chi connectivity index (χ3v) is 5.67. The van der Waals surface area contributed by atoms with E-state index in [0.29, 0.717) is 42.7 Å². The quantitative estimate of drug-likeness (QED) is 0.747. The first-order valence-electron chi connectivity index (χ1n) is 8.94. The van der Waals surface area contributed by atoms with Gasteiger partial charge in [-0.3, -0.25) is 9.69 Å². The molecule has 1 unspecified atom stereocenters. The molecular formula is C19H19Cl2F3N4O. The summed E-state index contributed by atoms with van der Waals surface area (Å²) in [5.74, 6) is 0.274. The summed E-state index contributed by atoms with van der Waals surface area (Å²) in [5, 5.41) is 3.42. The Morgan fingerprint density at radius 3 is 2.41 bits per heavy atom. The Morgan fingerprint density at radius 1 is 1.14 bits per heavy atom. The summed E-state index contributed by atoms with van der Waals surface area (Å²) in [6.45, 7) is 4.03. The fourth-order valence-electron chi connectivity index (χ4n) is 3.08. The summed E-state index contributed by atoms with van der Waals surface area (Å²) in [6, 6.07) is 7.00. The Labute approximate surface area is 176 Å². The highest BCUT2D eigenvalue weighted by Crippen LogP contribution is 2.30. The predicted octanol–water partition coefficient (Wildman–Crippen LogP) is 4.56. The second kappa shape index (κ2) is 8.77. The van der Waals surface area contributed by atoms with Gasteiger partial charge in [0.15, 0.2) is 0 Å². The topological polar surface area (TPSA) is 48.5 Å². The predicted molar refractivity (Wildman–Crippen MR) is 108 cm³/mol. The first-order chi connectivity index (χ1) is 13.7. The zero-order valence-electron chi connectivity index (χ0n) is 15.5. The lowest BCUT2D eigenvalue weighted by molar-refractivity contribution is -0.137. The van der Waals surface area contributed by atoms with Crippen LogP contribution < -0.4 is 10.2 Å². The minimum absolute atomic E-state index is 0.213. The molecule has 1 N–H and O–H groups in total. The van der Waals surface area contributed by atoms with Gasteiger partial charge >= 0.3 is 6.18 Å². The summed E-state index contributed by atoms with van der Waals surface area (Å²) in [4.78, 5) is 20.4. The van der Waals surface area contributed by atoms with Crippen LogP contribution in [-0.4, -0.2) is 48.0 Å². The van der Waals surface area contributed by atoms with Crippen molar-refractivity contribution in [2.45, 2.75) is 19.1 Å². The number of carbonyl (C=O) groups excluding carboxylic acids is 1. The van der Waals surface area contributed by atoms with Crippen LogP contribution in [0.2, 0.25) is 10.0 Å². The number of hydrogen-bond acceptors (Lipinski definition) is 4. The number of hydrogen-bond donors (Lipinski definition) is 1. The number of pyridine rings is 1. The third kappa shape index (κ3) is 5.12. The molecule has 29 heavy (non-hydrogen) atoms. The molecule has 156 valence electrons. The first-order valence-corrected chi connectivity index (χ1v) is 9.69. The lowest BCUT2D eigenvalue weighted by Gasteiger charge is -2.38. The van der Waals surface area contributed by atoms with Gasteiger partial charge in [0.2, 0.25) is 5.91 Å². The largest absolute Gasteiger partial charge is 0.417 e. The summed E-state index contributed by atoms with van der Waals surface area (Å²) in [5.41, 5.74) is -0.325. The average molecular weight is 447 g/mol. The van der Waals surface area contributed by atoms with E-state index in [-0.39, 0.29) is 10.9 Å². The zero-order valence-corrected chi connectivity index (χ0v) is 17.0. The van der Waals surface area contributed by atoms with Crippen LogP contribution in [0.15, 0.2) is 36.5 Å². The Kier molecular flexibility index (Phi) is 6.55. The molecule has 5 nitrogen and oxygen atoms in total. The van der Waals surface area contributed by atoms with E-state index in [1.165, 1.54) is 6.07 Å². The SMILES string of the molecule is CC(C(=O)Nc1cccc(Cl)c1Cl)N1CCN(c2ccc(C(F)(F)F)cn2)CC1. The number of nitrogens with one attached hydrogen (secondary N) is 1. The van der Waals surface area contributed by atoms with Gasteiger partial charge in [0.25, 0.3) is 0 Å². The molecule has 1 saturated heterocycles. The van der Waals surface area contributed by atoms with E-state index in [1.807, 2.05) is 9.80 Å². The van der Waals surface area contributed by atoms with Gasteiger partial charge in [0.05, 0.1) is 27.3 Å². The molecule has 1 aromatic carbocycles. The molecule has 0 spiro atoms. The fourth-order valence-corrected chi connectivity index (χ4v) is 3.43. The van der Waals surface area contributed by atoms with E-state index in [4.69, 9.17) is 23.2 Å². The van der Waals surface area contributed by atoms with E-state index < -0.39 is 17.8 Å². The van der Waals surface area contributed by atoms with Crippen molar-refractivity contribution in [2.75, 3.05) is 36.4 Å². The smallest absolute Gasteiger partial charge is 0.354 e. The van der Waals surface area contributed by atoms with Crippen molar-refractivity contribution in [3.63, 3.8) is 0 Å². The maximum absolute atomic E-state index is 12.7. The molecule has 1 aliphatic heterocycles. The number of benzene rings is 1. The maximum Gasteiger partial charge on any atom is 0.417 e. The Hall–Kier alpha value is -2.03. The Morgan fingerprint density at radius 2 is 1.83 bits per heavy atom. The molecule has 1 amide bonds. The summed E-state index contributed by atoms with van der Waals surface area (Å²) >= 11 is 12.1. The van der Waals surface area contributed by atoms with Crippen LogP contribution >= 0.6 is 23.2 Å². The normalized spacial score (nSPS) is 16.6. The highest BCUT2D eigenvalue weighted by atomic mass is 35.5. The van der Waals surface area contributed by atoms with Crippen molar-refractivity contribution in [1.82, 2.24) is 9.88 Å². The highest BCUT2D eigenvalue weighted by molar-refractivity contribution is 6.44. The number of aromatic nitrogens is 1. The average Bonchev–Trinajstić information content (AvgIpc) is 2.70. The van der Waals surface area contributed by atoms with E-state index in [9.17, 15) is 18.0 Å². The van der Waals surface area contributed by atoms with Crippen LogP contribution in [0.4, 0.5) is 24.7 Å². The second-order valence-electron chi connectivity index (χ2n) is 6.69. The molecule has 1 aromatic heterocycles. The lowest BCUT2D eigenvalue weighted by atomic mass is 10.2. The number of piperazine rings is 1. The van der Waals surface area contributed by atoms with Crippen LogP contribution in [0, 0.1) is 0 Å². The summed E-state index contributed by atoms with van der Waals surface area (Å²) in [6.07, 6.45) is -3.56. The molecule has 1 atom stereocenters. The van der Waals surface area contributed by atoms with Crippen molar-refractivity contribution in [3.8, 4) is 0 Å². The number of anilines is 2. The van der Waals surface area contributed by atoms with Crippen molar-refractivity contribution >= 4 is 40.6 Å². The first kappa shape index (κ1) is 21.7. The van der Waals surface area contributed by atoms with Crippen LogP contribution in [-0.2, 0) is 11.0 Å². The number of halogens is 5. The van der Waals surface area contributed by atoms with Crippen molar-refractivity contribution in [1.29, 1.82) is 0 Å². The van der Waals surface area contributed by atoms with Crippen molar-refractivity contribution < 1.29 is 18.0 Å². The lowest BCUT2D eigenvalue weighted by Crippen LogP contribution is -2.53. The second-order valence-corrected chi connectivity index (χ2v) is 7.48. The van der Waals surface area contributed by atoms with Gasteiger partial charge in [-0.15, -0.1) is 0 Å². The standard InChI is InChI=1S/C19H19Cl2F3N4O/c1-12(18(29)26-15-4-2-3-14(20)17(15)21)27-7-9-28(10-8-27)16-6-5-13(11-25-16)19(22,23)24/h2-6,11-12H,7-10H2,1H3,(H,26,29). The molecular weight excluding hydrogens is 428 g/mol. The van der Waals surface area contributed by atoms with E-state index >= 15 is 0 Å². The molecule has 1 aliphatic rings. The maximum atomic E-state index is 12.7. The highest BCUT2D eigenvalue weighted by Gasteiger charge is 2.31. The van der Waals surface area contributed by atoms with Gasteiger partial charge < -0.3 is 10.2 Å². The van der Waals surface area contributed by atoms with E-state index in [2.05, 4.69) is 10.3 Å². The molecule has 2 aromatic rings. The van der Waals surface area contributed by atoms with Gasteiger partial charge in [-0.05, 0) is 31.2 Å². The number of rotatable bonds is 4. The minimum Gasteiger partial charge on any atom is -0.354 e. The Bertz CT molecular complexity index is 869. The van der Waals surface area contributed by atoms with Gasteiger partial charge in [-0.1, -0.05) is 29.3 Å². The number of amides is 1. The molecule has 3 rings (SSSR count). The van der Waals surface area contributed by atoms with Crippen LogP contribution in [0.3, 0.4) is 0 Å². The van der Waals surface area contributed by atoms with E-state index in [1.54, 1.807) is 25.1 Å². The molecule has 10 heteroatoms. The summed E-state index contributed by atoms with van der Waals surface area (Å²) in [7, 11) is 0. The Balaban J connectivity index is 1.57. The van der Waals surface area contributed by atoms with Crippen LogP contribution in [0.25, 0.3) is 0 Å². The fraction of sp³-hybridized carbons (Fsp3) is 0.368. The van der Waals surface area contributed by atoms with Crippen LogP contribution in [0.1, 0.15) is 12.5 Å². The summed E-state index contributed by atoms with van der Waals surface area (Å²) < 4.78 is 38.0. The molecule has 1 fully saturated rings. The molecule has 0 aliphatic carbocycles. The van der Waals surface area contributed by atoms with Crippen molar-refractivity contribution in [2.24, 2.45) is 0 Å². The third-order valence-electron chi connectivity index (χ3n) is 4.85. The van der Waals surface area contributed by atoms with E-state index in [0.717, 1.165) is 12.3 Å². The van der Waals surface area contributed by atoms with Crippen molar-refractivity contribution in [3.05, 3.63) is 52.1 Å². The minimum atomic E-state index is -4.40.